The molecule has 2 heterocycles. The van der Waals surface area contributed by atoms with Crippen molar-refractivity contribution in [1.29, 1.82) is 0 Å². The standard InChI is InChI=1S/C20H20N2O4S/c1-11-9-18(23)26-16-10-13(7-8-14(11)16)25-12(2)19(24)22-20-21-15-5-3-4-6-17(15)27-20/h7-10,12H,3-6H2,1-2H3,(H,21,22,24)/t12-/m1/s1. The van der Waals surface area contributed by atoms with Crippen molar-refractivity contribution in [1.82, 2.24) is 4.98 Å². The molecule has 0 aliphatic heterocycles. The molecule has 1 aliphatic carbocycles. The van der Waals surface area contributed by atoms with Gasteiger partial charge in [-0.2, -0.15) is 0 Å². The van der Waals surface area contributed by atoms with Gasteiger partial charge in [-0.3, -0.25) is 10.1 Å². The highest BCUT2D eigenvalue weighted by Gasteiger charge is 2.20. The second kappa shape index (κ2) is 7.15. The number of hydrogen-bond donors (Lipinski definition) is 1. The molecule has 0 radical (unpaired) electrons. The molecule has 0 fully saturated rings. The molecule has 0 saturated heterocycles. The molecule has 0 bridgehead atoms. The largest absolute Gasteiger partial charge is 0.481 e. The third-order valence-electron chi connectivity index (χ3n) is 4.68. The number of benzene rings is 1. The predicted molar refractivity (Wildman–Crippen MR) is 105 cm³/mol. The Bertz CT molecular complexity index is 1050. The fourth-order valence-corrected chi connectivity index (χ4v) is 4.30. The molecule has 1 amide bonds. The van der Waals surface area contributed by atoms with Crippen molar-refractivity contribution in [2.75, 3.05) is 5.32 Å². The van der Waals surface area contributed by atoms with Crippen LogP contribution in [0.1, 0.15) is 35.9 Å². The van der Waals surface area contributed by atoms with Crippen LogP contribution in [0.15, 0.2) is 33.5 Å². The third-order valence-corrected chi connectivity index (χ3v) is 5.75. The van der Waals surface area contributed by atoms with Crippen LogP contribution >= 0.6 is 11.3 Å². The lowest BCUT2D eigenvalue weighted by Gasteiger charge is -2.14. The number of nitrogens with zero attached hydrogens (tertiary/aromatic N) is 1. The van der Waals surface area contributed by atoms with Crippen molar-refractivity contribution >= 4 is 33.3 Å². The maximum absolute atomic E-state index is 12.5. The Morgan fingerprint density at radius 1 is 1.30 bits per heavy atom. The van der Waals surface area contributed by atoms with Gasteiger partial charge >= 0.3 is 5.63 Å². The number of amides is 1. The van der Waals surface area contributed by atoms with E-state index in [9.17, 15) is 9.59 Å². The first-order valence-corrected chi connectivity index (χ1v) is 9.82. The van der Waals surface area contributed by atoms with Gasteiger partial charge in [-0.25, -0.2) is 9.78 Å². The number of rotatable bonds is 4. The minimum Gasteiger partial charge on any atom is -0.481 e. The smallest absolute Gasteiger partial charge is 0.336 e. The number of aromatic nitrogens is 1. The zero-order chi connectivity index (χ0) is 19.0. The van der Waals surface area contributed by atoms with Crippen LogP contribution < -0.4 is 15.7 Å². The van der Waals surface area contributed by atoms with Crippen molar-refractivity contribution < 1.29 is 13.9 Å². The Balaban J connectivity index is 1.47. The van der Waals surface area contributed by atoms with E-state index in [1.807, 2.05) is 13.0 Å². The maximum atomic E-state index is 12.5. The number of ether oxygens (including phenoxy) is 1. The van der Waals surface area contributed by atoms with E-state index in [0.717, 1.165) is 35.9 Å². The summed E-state index contributed by atoms with van der Waals surface area (Å²) in [5.74, 6) is 0.212. The lowest BCUT2D eigenvalue weighted by molar-refractivity contribution is -0.122. The first-order chi connectivity index (χ1) is 13.0. The van der Waals surface area contributed by atoms with Crippen LogP contribution in [0.4, 0.5) is 5.13 Å². The number of thiazole rings is 1. The number of carbonyl (C=O) groups excluding carboxylic acids is 1. The number of carbonyl (C=O) groups is 1. The quantitative estimate of drug-likeness (QED) is 0.691. The molecule has 0 unspecified atom stereocenters. The Morgan fingerprint density at radius 3 is 2.93 bits per heavy atom. The van der Waals surface area contributed by atoms with Crippen LogP contribution in [0.3, 0.4) is 0 Å². The highest BCUT2D eigenvalue weighted by Crippen LogP contribution is 2.30. The van der Waals surface area contributed by atoms with Gasteiger partial charge in [0, 0.05) is 22.4 Å². The molecule has 1 aromatic carbocycles. The average Bonchev–Trinajstić information content (AvgIpc) is 3.03. The summed E-state index contributed by atoms with van der Waals surface area (Å²) in [4.78, 5) is 29.8. The van der Waals surface area contributed by atoms with E-state index < -0.39 is 11.7 Å². The zero-order valence-corrected chi connectivity index (χ0v) is 16.0. The lowest BCUT2D eigenvalue weighted by Crippen LogP contribution is -2.30. The molecule has 4 rings (SSSR count). The molecule has 6 nitrogen and oxygen atoms in total. The third kappa shape index (κ3) is 3.73. The second-order valence-corrected chi connectivity index (χ2v) is 7.84. The van der Waals surface area contributed by atoms with Gasteiger partial charge in [0.25, 0.3) is 5.91 Å². The number of anilines is 1. The molecule has 1 N–H and O–H groups in total. The number of hydrogen-bond acceptors (Lipinski definition) is 6. The van der Waals surface area contributed by atoms with Crippen molar-refractivity contribution in [2.24, 2.45) is 0 Å². The summed E-state index contributed by atoms with van der Waals surface area (Å²) in [6.45, 7) is 3.53. The van der Waals surface area contributed by atoms with Crippen LogP contribution in [-0.2, 0) is 17.6 Å². The normalized spacial score (nSPS) is 14.6. The summed E-state index contributed by atoms with van der Waals surface area (Å²) < 4.78 is 11.0. The highest BCUT2D eigenvalue weighted by molar-refractivity contribution is 7.15. The SMILES string of the molecule is Cc1cc(=O)oc2cc(O[C@H](C)C(=O)Nc3nc4c(s3)CCCC4)ccc12. The van der Waals surface area contributed by atoms with Gasteiger partial charge in [0.2, 0.25) is 0 Å². The summed E-state index contributed by atoms with van der Waals surface area (Å²) in [5, 5.41) is 4.31. The molecule has 0 saturated carbocycles. The van der Waals surface area contributed by atoms with Crippen LogP contribution in [0.5, 0.6) is 5.75 Å². The van der Waals surface area contributed by atoms with Gasteiger partial charge in [-0.1, -0.05) is 0 Å². The lowest BCUT2D eigenvalue weighted by atomic mass is 10.0. The molecule has 7 heteroatoms. The average molecular weight is 384 g/mol. The van der Waals surface area contributed by atoms with Gasteiger partial charge in [0.05, 0.1) is 5.69 Å². The molecular formula is C20H20N2O4S. The van der Waals surface area contributed by atoms with Crippen molar-refractivity contribution in [2.45, 2.75) is 45.6 Å². The molecule has 2 aromatic heterocycles. The van der Waals surface area contributed by atoms with E-state index in [-0.39, 0.29) is 5.91 Å². The Kier molecular flexibility index (Phi) is 4.70. The molecule has 1 aliphatic rings. The van der Waals surface area contributed by atoms with Crippen molar-refractivity contribution in [3.05, 3.63) is 50.8 Å². The van der Waals surface area contributed by atoms with Crippen LogP contribution in [0, 0.1) is 6.92 Å². The van der Waals surface area contributed by atoms with Crippen LogP contribution in [0.2, 0.25) is 0 Å². The second-order valence-electron chi connectivity index (χ2n) is 6.75. The summed E-state index contributed by atoms with van der Waals surface area (Å²) in [7, 11) is 0. The van der Waals surface area contributed by atoms with E-state index in [0.29, 0.717) is 16.5 Å². The molecule has 3 aromatic rings. The number of aryl methyl sites for hydroxylation is 3. The van der Waals surface area contributed by atoms with E-state index in [2.05, 4.69) is 10.3 Å². The fraction of sp³-hybridized carbons (Fsp3) is 0.350. The molecular weight excluding hydrogens is 364 g/mol. The van der Waals surface area contributed by atoms with E-state index in [1.54, 1.807) is 30.4 Å². The van der Waals surface area contributed by atoms with Gasteiger partial charge in [-0.05, 0) is 57.2 Å². The minimum atomic E-state index is -0.708. The molecule has 0 spiro atoms. The Labute approximate surface area is 160 Å². The topological polar surface area (TPSA) is 81.4 Å². The van der Waals surface area contributed by atoms with Gasteiger partial charge in [0.15, 0.2) is 11.2 Å². The number of fused-ring (bicyclic) bond motifs is 2. The minimum absolute atomic E-state index is 0.258. The highest BCUT2D eigenvalue weighted by atomic mass is 32.1. The summed E-state index contributed by atoms with van der Waals surface area (Å²) in [6, 6.07) is 6.67. The predicted octanol–water partition coefficient (Wildman–Crippen LogP) is 3.84. The first kappa shape index (κ1) is 17.7. The van der Waals surface area contributed by atoms with Crippen LogP contribution in [0.25, 0.3) is 11.0 Å². The number of nitrogens with one attached hydrogen (secondary N) is 1. The summed E-state index contributed by atoms with van der Waals surface area (Å²) >= 11 is 1.54. The van der Waals surface area contributed by atoms with Gasteiger partial charge < -0.3 is 9.15 Å². The zero-order valence-electron chi connectivity index (χ0n) is 15.2. The molecule has 27 heavy (non-hydrogen) atoms. The van der Waals surface area contributed by atoms with E-state index >= 15 is 0 Å². The maximum Gasteiger partial charge on any atom is 0.336 e. The summed E-state index contributed by atoms with van der Waals surface area (Å²) in [6.07, 6.45) is 3.65. The molecule has 140 valence electrons. The van der Waals surface area contributed by atoms with Crippen molar-refractivity contribution in [3.8, 4) is 5.75 Å². The monoisotopic (exact) mass is 384 g/mol. The van der Waals surface area contributed by atoms with Gasteiger partial charge in [-0.15, -0.1) is 11.3 Å². The van der Waals surface area contributed by atoms with Gasteiger partial charge in [0.1, 0.15) is 11.3 Å². The van der Waals surface area contributed by atoms with Crippen molar-refractivity contribution in [3.63, 3.8) is 0 Å². The summed E-state index contributed by atoms with van der Waals surface area (Å²) in [5.41, 5.74) is 1.98. The molecule has 1 atom stereocenters. The van der Waals surface area contributed by atoms with E-state index in [1.165, 1.54) is 17.4 Å². The fourth-order valence-electron chi connectivity index (χ4n) is 3.25. The van der Waals surface area contributed by atoms with Crippen LogP contribution in [-0.4, -0.2) is 17.0 Å². The Morgan fingerprint density at radius 2 is 2.11 bits per heavy atom. The van der Waals surface area contributed by atoms with E-state index in [4.69, 9.17) is 9.15 Å². The first-order valence-electron chi connectivity index (χ1n) is 9.00. The Hall–Kier alpha value is -2.67.